The number of halogens is 3. The fraction of sp³-hybridized carbons (Fsp3) is 0.476. The Morgan fingerprint density at radius 3 is 2.74 bits per heavy atom. The van der Waals surface area contributed by atoms with Gasteiger partial charge in [0, 0.05) is 30.0 Å². The molecule has 3 N–H and O–H groups in total. The number of aryl methyl sites for hydroxylation is 2. The molecule has 2 aliphatic rings. The number of nitrogens with zero attached hydrogens (tertiary/aromatic N) is 5. The van der Waals surface area contributed by atoms with Crippen LogP contribution < -0.4 is 10.6 Å². The quantitative estimate of drug-likeness (QED) is 0.441. The van der Waals surface area contributed by atoms with E-state index in [1.54, 1.807) is 4.57 Å². The molecule has 1 amide bonds. The maximum Gasteiger partial charge on any atom is 0.339 e. The number of fused-ring (bicyclic) bond motifs is 1. The zero-order valence-corrected chi connectivity index (χ0v) is 19.4. The number of aromatic carboxylic acids is 1. The third-order valence-electron chi connectivity index (χ3n) is 6.47. The van der Waals surface area contributed by atoms with Crippen LogP contribution in [0.5, 0.6) is 0 Å². The van der Waals surface area contributed by atoms with Crippen molar-refractivity contribution in [2.75, 3.05) is 10.6 Å². The first-order valence-electron chi connectivity index (χ1n) is 11.0. The minimum Gasteiger partial charge on any atom is -0.478 e. The number of hydrogen-bond donors (Lipinski definition) is 3. The molecule has 10 nitrogen and oxygen atoms in total. The van der Waals surface area contributed by atoms with Crippen LogP contribution in [0, 0.1) is 5.92 Å². The molecule has 0 bridgehead atoms. The maximum absolute atomic E-state index is 13.1. The van der Waals surface area contributed by atoms with Crippen molar-refractivity contribution in [1.82, 2.24) is 24.5 Å². The molecule has 0 aromatic carbocycles. The molecule has 0 spiro atoms. The van der Waals surface area contributed by atoms with Crippen molar-refractivity contribution in [3.05, 3.63) is 34.1 Å². The standard InChI is InChI=1S/C21H22F3N7O3S/c1-30-15(7-13(29-30)17(23)24)26-21-28-25-8-31(21)11-2-3-14-12(6-11)16(20(33)34)19(35-14)27-18(32)9-4-10(22)5-9/h7-11,17H,2-6H2,1H3,(H,26,28)(H,27,32)(H,33,34)/t9?,10?,11-/m0/s1. The Hall–Kier alpha value is -3.42. The molecule has 1 fully saturated rings. The lowest BCUT2D eigenvalue weighted by atomic mass is 9.83. The minimum absolute atomic E-state index is 0.0509. The van der Waals surface area contributed by atoms with E-state index in [4.69, 9.17) is 0 Å². The fourth-order valence-corrected chi connectivity index (χ4v) is 5.76. The molecule has 2 aliphatic carbocycles. The second kappa shape index (κ2) is 8.98. The number of hydrogen-bond acceptors (Lipinski definition) is 7. The molecule has 0 saturated heterocycles. The Labute approximate surface area is 201 Å². The van der Waals surface area contributed by atoms with Crippen LogP contribution in [0.2, 0.25) is 0 Å². The van der Waals surface area contributed by atoms with E-state index in [2.05, 4.69) is 25.9 Å². The summed E-state index contributed by atoms with van der Waals surface area (Å²) < 4.78 is 42.1. The molecule has 186 valence electrons. The third-order valence-corrected chi connectivity index (χ3v) is 7.67. The van der Waals surface area contributed by atoms with E-state index in [1.807, 2.05) is 0 Å². The van der Waals surface area contributed by atoms with Gasteiger partial charge in [0.1, 0.15) is 29.0 Å². The summed E-state index contributed by atoms with van der Waals surface area (Å²) in [7, 11) is 1.53. The summed E-state index contributed by atoms with van der Waals surface area (Å²) in [4.78, 5) is 25.4. The molecule has 0 radical (unpaired) electrons. The topological polar surface area (TPSA) is 127 Å². The molecule has 35 heavy (non-hydrogen) atoms. The second-order valence-electron chi connectivity index (χ2n) is 8.73. The Kier molecular flexibility index (Phi) is 5.99. The van der Waals surface area contributed by atoms with Gasteiger partial charge in [-0.25, -0.2) is 18.0 Å². The first-order valence-corrected chi connectivity index (χ1v) is 11.8. The Balaban J connectivity index is 1.37. The highest BCUT2D eigenvalue weighted by atomic mass is 32.1. The number of anilines is 3. The van der Waals surface area contributed by atoms with Crippen LogP contribution in [0.4, 0.5) is 29.9 Å². The molecule has 5 rings (SSSR count). The summed E-state index contributed by atoms with van der Waals surface area (Å²) in [5.74, 6) is -1.33. The summed E-state index contributed by atoms with van der Waals surface area (Å²) in [5.41, 5.74) is 0.312. The zero-order valence-electron chi connectivity index (χ0n) is 18.5. The van der Waals surface area contributed by atoms with Crippen molar-refractivity contribution in [2.24, 2.45) is 13.0 Å². The molecular weight excluding hydrogens is 487 g/mol. The number of carbonyl (C=O) groups excluding carboxylic acids is 1. The van der Waals surface area contributed by atoms with Gasteiger partial charge in [0.2, 0.25) is 11.9 Å². The lowest BCUT2D eigenvalue weighted by Crippen LogP contribution is -2.35. The van der Waals surface area contributed by atoms with E-state index in [0.29, 0.717) is 36.6 Å². The Morgan fingerprint density at radius 1 is 1.31 bits per heavy atom. The van der Waals surface area contributed by atoms with Gasteiger partial charge in [-0.05, 0) is 37.7 Å². The summed E-state index contributed by atoms with van der Waals surface area (Å²) in [6.45, 7) is 0. The lowest BCUT2D eigenvalue weighted by Gasteiger charge is -2.28. The zero-order chi connectivity index (χ0) is 24.9. The molecule has 3 heterocycles. The minimum atomic E-state index is -2.71. The highest BCUT2D eigenvalue weighted by Gasteiger charge is 2.37. The SMILES string of the molecule is Cn1nc(C(F)F)cc1Nc1nncn1[C@H]1CCc2sc(NC(=O)C3CC(F)C3)c(C(=O)O)c2C1. The summed E-state index contributed by atoms with van der Waals surface area (Å²) in [5, 5.41) is 27.6. The normalized spacial score (nSPS) is 21.5. The lowest BCUT2D eigenvalue weighted by molar-refractivity contribution is -0.124. The van der Waals surface area contributed by atoms with Gasteiger partial charge in [-0.15, -0.1) is 21.5 Å². The molecule has 3 aromatic heterocycles. The number of carbonyl (C=O) groups is 2. The third kappa shape index (κ3) is 4.37. The predicted octanol–water partition coefficient (Wildman–Crippen LogP) is 3.87. The molecular formula is C21H22F3N7O3S. The van der Waals surface area contributed by atoms with E-state index in [0.717, 1.165) is 4.88 Å². The van der Waals surface area contributed by atoms with Crippen LogP contribution in [-0.2, 0) is 24.7 Å². The van der Waals surface area contributed by atoms with E-state index in [1.165, 1.54) is 35.5 Å². The van der Waals surface area contributed by atoms with Crippen LogP contribution in [0.3, 0.4) is 0 Å². The largest absolute Gasteiger partial charge is 0.478 e. The fourth-order valence-electron chi connectivity index (χ4n) is 4.52. The summed E-state index contributed by atoms with van der Waals surface area (Å²) in [6, 6.07) is 1.03. The van der Waals surface area contributed by atoms with Crippen molar-refractivity contribution in [2.45, 2.75) is 50.7 Å². The van der Waals surface area contributed by atoms with Crippen molar-refractivity contribution < 1.29 is 27.9 Å². The van der Waals surface area contributed by atoms with Crippen molar-refractivity contribution in [3.63, 3.8) is 0 Å². The van der Waals surface area contributed by atoms with Crippen molar-refractivity contribution in [3.8, 4) is 0 Å². The van der Waals surface area contributed by atoms with E-state index in [-0.39, 0.29) is 41.0 Å². The number of carboxylic acids is 1. The van der Waals surface area contributed by atoms with Crippen LogP contribution >= 0.6 is 11.3 Å². The van der Waals surface area contributed by atoms with Gasteiger partial charge in [-0.2, -0.15) is 5.10 Å². The Bertz CT molecular complexity index is 1280. The molecule has 0 aliphatic heterocycles. The summed E-state index contributed by atoms with van der Waals surface area (Å²) >= 11 is 1.24. The van der Waals surface area contributed by atoms with Crippen LogP contribution in [0.25, 0.3) is 0 Å². The van der Waals surface area contributed by atoms with Gasteiger partial charge >= 0.3 is 5.97 Å². The highest BCUT2D eigenvalue weighted by Crippen LogP contribution is 2.42. The molecule has 3 aromatic rings. The summed E-state index contributed by atoms with van der Waals surface area (Å²) in [6.07, 6.45) is -0.289. The monoisotopic (exact) mass is 509 g/mol. The van der Waals surface area contributed by atoms with Crippen molar-refractivity contribution >= 4 is 40.0 Å². The molecule has 1 atom stereocenters. The van der Waals surface area contributed by atoms with Crippen molar-refractivity contribution in [1.29, 1.82) is 0 Å². The van der Waals surface area contributed by atoms with Gasteiger partial charge in [-0.1, -0.05) is 0 Å². The van der Waals surface area contributed by atoms with Gasteiger partial charge in [-0.3, -0.25) is 14.0 Å². The average molecular weight is 510 g/mol. The molecule has 0 unspecified atom stereocenters. The van der Waals surface area contributed by atoms with E-state index < -0.39 is 24.5 Å². The smallest absolute Gasteiger partial charge is 0.339 e. The number of nitrogens with one attached hydrogen (secondary N) is 2. The number of aromatic nitrogens is 5. The van der Waals surface area contributed by atoms with Gasteiger partial charge < -0.3 is 15.7 Å². The van der Waals surface area contributed by atoms with Crippen LogP contribution in [0.15, 0.2) is 12.4 Å². The highest BCUT2D eigenvalue weighted by molar-refractivity contribution is 7.17. The first kappa shape index (κ1) is 23.3. The first-order chi connectivity index (χ1) is 16.7. The van der Waals surface area contributed by atoms with E-state index >= 15 is 0 Å². The van der Waals surface area contributed by atoms with Crippen LogP contribution in [0.1, 0.15) is 58.2 Å². The number of alkyl halides is 3. The number of carboxylic acid groups (broad SMARTS) is 1. The predicted molar refractivity (Wildman–Crippen MR) is 120 cm³/mol. The van der Waals surface area contributed by atoms with Gasteiger partial charge in [0.05, 0.1) is 5.56 Å². The molecule has 1 saturated carbocycles. The number of rotatable bonds is 7. The van der Waals surface area contributed by atoms with E-state index in [9.17, 15) is 27.9 Å². The van der Waals surface area contributed by atoms with Gasteiger partial charge in [0.15, 0.2) is 0 Å². The number of amides is 1. The second-order valence-corrected chi connectivity index (χ2v) is 9.84. The average Bonchev–Trinajstić information content (AvgIpc) is 3.48. The maximum atomic E-state index is 13.1. The Morgan fingerprint density at radius 2 is 2.09 bits per heavy atom. The number of thiophene rings is 1. The van der Waals surface area contributed by atoms with Gasteiger partial charge in [0.25, 0.3) is 6.43 Å². The van der Waals surface area contributed by atoms with Crippen LogP contribution in [-0.4, -0.2) is 47.7 Å². The molecule has 14 heteroatoms.